The molecule has 0 unspecified atom stereocenters. The van der Waals surface area contributed by atoms with Crippen molar-refractivity contribution < 1.29 is 14.3 Å². The van der Waals surface area contributed by atoms with E-state index in [4.69, 9.17) is 4.74 Å². The second-order valence-corrected chi connectivity index (χ2v) is 8.72. The Kier molecular flexibility index (Phi) is 5.51. The zero-order valence-electron chi connectivity index (χ0n) is 18.6. The zero-order valence-corrected chi connectivity index (χ0v) is 18.6. The van der Waals surface area contributed by atoms with Gasteiger partial charge in [0.1, 0.15) is 18.1 Å². The number of rotatable bonds is 5. The molecule has 2 aromatic rings. The molecule has 0 amide bonds. The molecule has 1 aliphatic carbocycles. The Balaban J connectivity index is 1.27. The number of hydrogen-bond acceptors (Lipinski definition) is 7. The van der Waals surface area contributed by atoms with E-state index in [-0.39, 0.29) is 17.6 Å². The Morgan fingerprint density at radius 2 is 2.06 bits per heavy atom. The molecule has 1 fully saturated rings. The van der Waals surface area contributed by atoms with E-state index >= 15 is 0 Å². The van der Waals surface area contributed by atoms with Crippen LogP contribution in [-0.4, -0.2) is 58.7 Å². The lowest BCUT2D eigenvalue weighted by Crippen LogP contribution is -2.57. The Morgan fingerprint density at radius 1 is 1.19 bits per heavy atom. The fourth-order valence-corrected chi connectivity index (χ4v) is 4.82. The Bertz CT molecular complexity index is 1110. The quantitative estimate of drug-likeness (QED) is 0.672. The Labute approximate surface area is 188 Å². The van der Waals surface area contributed by atoms with Crippen LogP contribution in [0.4, 0.5) is 5.69 Å². The van der Waals surface area contributed by atoms with Crippen molar-refractivity contribution in [1.29, 1.82) is 0 Å². The van der Waals surface area contributed by atoms with E-state index in [2.05, 4.69) is 25.8 Å². The third-order valence-electron chi connectivity index (χ3n) is 6.63. The molecule has 7 heteroatoms. The van der Waals surface area contributed by atoms with E-state index in [1.807, 2.05) is 26.1 Å². The second-order valence-electron chi connectivity index (χ2n) is 8.72. The summed E-state index contributed by atoms with van der Waals surface area (Å²) >= 11 is 0. The topological polar surface area (TPSA) is 75.6 Å². The van der Waals surface area contributed by atoms with Crippen LogP contribution >= 0.6 is 0 Å². The van der Waals surface area contributed by atoms with Gasteiger partial charge in [0.05, 0.1) is 23.6 Å². The van der Waals surface area contributed by atoms with Crippen LogP contribution in [0.25, 0.3) is 6.08 Å². The first kappa shape index (κ1) is 20.8. The van der Waals surface area contributed by atoms with Gasteiger partial charge in [-0.05, 0) is 29.2 Å². The van der Waals surface area contributed by atoms with Gasteiger partial charge in [0, 0.05) is 51.3 Å². The van der Waals surface area contributed by atoms with Crippen molar-refractivity contribution in [2.24, 2.45) is 0 Å². The first-order valence-electron chi connectivity index (χ1n) is 11.4. The minimum absolute atomic E-state index is 0.0325. The van der Waals surface area contributed by atoms with Crippen molar-refractivity contribution in [2.75, 3.05) is 31.1 Å². The number of allylic oxidation sites excluding steroid dienone is 1. The summed E-state index contributed by atoms with van der Waals surface area (Å²) in [5.74, 6) is 0.998. The minimum Gasteiger partial charge on any atom is -0.489 e. The molecule has 0 radical (unpaired) electrons. The lowest BCUT2D eigenvalue weighted by atomic mass is 9.92. The summed E-state index contributed by atoms with van der Waals surface area (Å²) in [6.45, 7) is 7.92. The normalized spacial score (nSPS) is 20.1. The third-order valence-corrected chi connectivity index (χ3v) is 6.63. The van der Waals surface area contributed by atoms with Crippen molar-refractivity contribution in [2.45, 2.75) is 45.7 Å². The van der Waals surface area contributed by atoms with Gasteiger partial charge in [-0.25, -0.2) is 0 Å². The molecule has 1 saturated heterocycles. The number of pyridine rings is 2. The molecule has 5 rings (SSSR count). The summed E-state index contributed by atoms with van der Waals surface area (Å²) in [6.07, 6.45) is 7.30. The molecule has 0 aromatic carbocycles. The molecule has 32 heavy (non-hydrogen) atoms. The van der Waals surface area contributed by atoms with Gasteiger partial charge >= 0.3 is 0 Å². The molecule has 4 heterocycles. The highest BCUT2D eigenvalue weighted by atomic mass is 16.5. The maximum absolute atomic E-state index is 12.3. The largest absolute Gasteiger partial charge is 0.489 e. The van der Waals surface area contributed by atoms with Gasteiger partial charge in [-0.3, -0.25) is 24.5 Å². The molecular formula is C25H28N4O3. The average Bonchev–Trinajstić information content (AvgIpc) is 2.82. The number of piperazine rings is 1. The van der Waals surface area contributed by atoms with E-state index in [1.165, 1.54) is 0 Å². The van der Waals surface area contributed by atoms with Crippen molar-refractivity contribution in [3.63, 3.8) is 0 Å². The SMILES string of the molecule is CCC(=O)c1cc2c(cn1)N1CCN(Cc3cnc4c(c3)CC(=O)C(CC)=C4)C[C@H]1CO2. The zero-order chi connectivity index (χ0) is 22.2. The first-order chi connectivity index (χ1) is 15.6. The summed E-state index contributed by atoms with van der Waals surface area (Å²) in [7, 11) is 0. The van der Waals surface area contributed by atoms with Gasteiger partial charge in [-0.15, -0.1) is 0 Å². The van der Waals surface area contributed by atoms with Crippen molar-refractivity contribution >= 4 is 23.3 Å². The van der Waals surface area contributed by atoms with Gasteiger partial charge < -0.3 is 9.64 Å². The minimum atomic E-state index is 0.0325. The van der Waals surface area contributed by atoms with E-state index in [0.717, 1.165) is 66.4 Å². The highest BCUT2D eigenvalue weighted by molar-refractivity contribution is 6.03. The number of nitrogens with zero attached hydrogens (tertiary/aromatic N) is 4. The van der Waals surface area contributed by atoms with Crippen LogP contribution in [-0.2, 0) is 17.8 Å². The van der Waals surface area contributed by atoms with Crippen LogP contribution in [0.2, 0.25) is 0 Å². The number of anilines is 1. The summed E-state index contributed by atoms with van der Waals surface area (Å²) in [5, 5.41) is 0. The van der Waals surface area contributed by atoms with Crippen LogP contribution in [0.5, 0.6) is 5.75 Å². The smallest absolute Gasteiger partial charge is 0.181 e. The fraction of sp³-hybridized carbons (Fsp3) is 0.440. The van der Waals surface area contributed by atoms with E-state index in [0.29, 0.717) is 25.1 Å². The number of ether oxygens (including phenoxy) is 1. The van der Waals surface area contributed by atoms with Gasteiger partial charge in [0.2, 0.25) is 0 Å². The molecule has 2 aromatic heterocycles. The maximum atomic E-state index is 12.3. The van der Waals surface area contributed by atoms with Crippen LogP contribution in [0.1, 0.15) is 54.0 Å². The molecule has 166 valence electrons. The molecule has 3 aliphatic rings. The van der Waals surface area contributed by atoms with E-state index < -0.39 is 0 Å². The predicted octanol–water partition coefficient (Wildman–Crippen LogP) is 3.07. The first-order valence-corrected chi connectivity index (χ1v) is 11.4. The summed E-state index contributed by atoms with van der Waals surface area (Å²) in [5.41, 5.74) is 5.41. The lowest BCUT2D eigenvalue weighted by molar-refractivity contribution is -0.115. The number of Topliss-reactive ketones (excluding diaryl/α,β-unsaturated/α-hetero) is 2. The van der Waals surface area contributed by atoms with Gasteiger partial charge in [0.15, 0.2) is 11.6 Å². The van der Waals surface area contributed by atoms with Gasteiger partial charge in [0.25, 0.3) is 0 Å². The van der Waals surface area contributed by atoms with E-state index in [9.17, 15) is 9.59 Å². The molecule has 0 N–H and O–H groups in total. The Morgan fingerprint density at radius 3 is 2.88 bits per heavy atom. The number of hydrogen-bond donors (Lipinski definition) is 0. The number of carbonyl (C=O) groups excluding carboxylic acids is 2. The van der Waals surface area contributed by atoms with Crippen molar-refractivity contribution in [3.8, 4) is 5.75 Å². The molecule has 0 saturated carbocycles. The second kappa shape index (κ2) is 8.47. The third kappa shape index (κ3) is 3.81. The number of fused-ring (bicyclic) bond motifs is 4. The van der Waals surface area contributed by atoms with Crippen LogP contribution < -0.4 is 9.64 Å². The number of carbonyl (C=O) groups is 2. The van der Waals surface area contributed by atoms with Crippen molar-refractivity contribution in [3.05, 3.63) is 52.6 Å². The number of ketones is 2. The van der Waals surface area contributed by atoms with Crippen LogP contribution in [0.3, 0.4) is 0 Å². The average molecular weight is 433 g/mol. The molecule has 7 nitrogen and oxygen atoms in total. The predicted molar refractivity (Wildman–Crippen MR) is 122 cm³/mol. The monoisotopic (exact) mass is 432 g/mol. The van der Waals surface area contributed by atoms with Gasteiger partial charge in [-0.1, -0.05) is 19.9 Å². The van der Waals surface area contributed by atoms with Gasteiger partial charge in [-0.2, -0.15) is 0 Å². The highest BCUT2D eigenvalue weighted by Gasteiger charge is 2.33. The van der Waals surface area contributed by atoms with Crippen LogP contribution in [0.15, 0.2) is 30.1 Å². The fourth-order valence-electron chi connectivity index (χ4n) is 4.82. The van der Waals surface area contributed by atoms with Crippen molar-refractivity contribution in [1.82, 2.24) is 14.9 Å². The molecule has 2 aliphatic heterocycles. The van der Waals surface area contributed by atoms with Crippen LogP contribution in [0, 0.1) is 0 Å². The Hall–Kier alpha value is -3.06. The molecule has 0 bridgehead atoms. The van der Waals surface area contributed by atoms with E-state index in [1.54, 1.807) is 12.3 Å². The molecular weight excluding hydrogens is 404 g/mol. The standard InChI is InChI=1S/C25H28N4O3/c1-3-17-8-20-18(9-24(17)31)7-16(11-26-20)13-28-5-6-29-19(14-28)15-32-25-10-21(23(30)4-2)27-12-22(25)29/h7-8,10-12,19H,3-6,9,13-15H2,1-2H3/t19-/m0/s1. The highest BCUT2D eigenvalue weighted by Crippen LogP contribution is 2.35. The molecule has 0 spiro atoms. The summed E-state index contributed by atoms with van der Waals surface area (Å²) in [6, 6.07) is 4.16. The lowest BCUT2D eigenvalue weighted by Gasteiger charge is -2.45. The maximum Gasteiger partial charge on any atom is 0.181 e. The molecule has 1 atom stereocenters. The summed E-state index contributed by atoms with van der Waals surface area (Å²) in [4.78, 5) is 38.0. The summed E-state index contributed by atoms with van der Waals surface area (Å²) < 4.78 is 6.02. The number of aromatic nitrogens is 2.